The number of hydrogen-bond acceptors (Lipinski definition) is 4. The van der Waals surface area contributed by atoms with Gasteiger partial charge in [-0.3, -0.25) is 19.8 Å². The maximum Gasteiger partial charge on any atom is 0.234 e. The van der Waals surface area contributed by atoms with E-state index in [4.69, 9.17) is 0 Å². The van der Waals surface area contributed by atoms with Crippen LogP contribution in [0.25, 0.3) is 0 Å². The van der Waals surface area contributed by atoms with E-state index in [1.54, 1.807) is 13.8 Å². The second kappa shape index (κ2) is 4.80. The molecule has 0 bridgehead atoms. The Morgan fingerprint density at radius 2 is 1.83 bits per heavy atom. The first-order valence-corrected chi connectivity index (χ1v) is 6.17. The molecule has 0 aromatic rings. The first-order chi connectivity index (χ1) is 8.11. The van der Waals surface area contributed by atoms with Gasteiger partial charge < -0.3 is 4.79 Å². The van der Waals surface area contributed by atoms with Crippen molar-refractivity contribution in [3.63, 3.8) is 0 Å². The Bertz CT molecular complexity index is 369. The quantitative estimate of drug-likeness (QED) is 0.599. The Kier molecular flexibility index (Phi) is 3.96. The highest BCUT2D eigenvalue weighted by atomic mass is 16.2. The van der Waals surface area contributed by atoms with Gasteiger partial charge in [0.05, 0.1) is 18.1 Å². The van der Waals surface area contributed by atoms with Crippen molar-refractivity contribution in [3.8, 4) is 0 Å². The summed E-state index contributed by atoms with van der Waals surface area (Å²) >= 11 is 0. The van der Waals surface area contributed by atoms with Gasteiger partial charge in [0.1, 0.15) is 6.29 Å². The molecule has 1 saturated heterocycles. The number of imide groups is 1. The molecule has 1 heterocycles. The molecule has 1 N–H and O–H groups in total. The van der Waals surface area contributed by atoms with Crippen LogP contribution in [0.1, 0.15) is 41.0 Å². The van der Waals surface area contributed by atoms with Crippen molar-refractivity contribution in [1.29, 1.82) is 0 Å². The van der Waals surface area contributed by atoms with Crippen molar-refractivity contribution in [2.75, 3.05) is 6.54 Å². The normalized spacial score (nSPS) is 21.6. The van der Waals surface area contributed by atoms with Gasteiger partial charge >= 0.3 is 0 Å². The molecule has 1 unspecified atom stereocenters. The molecule has 1 fully saturated rings. The summed E-state index contributed by atoms with van der Waals surface area (Å²) in [5, 5.41) is 2.90. The van der Waals surface area contributed by atoms with Crippen LogP contribution in [0.15, 0.2) is 0 Å². The first-order valence-electron chi connectivity index (χ1n) is 6.17. The lowest BCUT2D eigenvalue weighted by atomic mass is 9.80. The number of carbonyl (C=O) groups excluding carboxylic acids is 3. The summed E-state index contributed by atoms with van der Waals surface area (Å²) in [4.78, 5) is 36.0. The Hall–Kier alpha value is -1.23. The SMILES string of the molecule is CC(C)(C)C1CC(=O)N(C(C)(C)NCC=O)C1=O. The Morgan fingerprint density at radius 3 is 2.22 bits per heavy atom. The van der Waals surface area contributed by atoms with Crippen LogP contribution in [0.3, 0.4) is 0 Å². The third kappa shape index (κ3) is 2.77. The third-order valence-corrected chi connectivity index (χ3v) is 3.37. The summed E-state index contributed by atoms with van der Waals surface area (Å²) in [6, 6.07) is 0. The minimum atomic E-state index is -0.824. The largest absolute Gasteiger partial charge is 0.302 e. The minimum absolute atomic E-state index is 0.115. The van der Waals surface area contributed by atoms with Crippen LogP contribution in [0.4, 0.5) is 0 Å². The standard InChI is InChI=1S/C13H22N2O3/c1-12(2,3)9-8-10(17)15(11(9)18)13(4,5)14-6-7-16/h7,9,14H,6,8H2,1-5H3. The number of likely N-dealkylation sites (tertiary alicyclic amines) is 1. The van der Waals surface area contributed by atoms with E-state index in [0.717, 1.165) is 0 Å². The molecule has 0 aromatic carbocycles. The summed E-state index contributed by atoms with van der Waals surface area (Å²) < 4.78 is 0. The predicted octanol–water partition coefficient (Wildman–Crippen LogP) is 0.932. The van der Waals surface area contributed by atoms with Gasteiger partial charge in [-0.05, 0) is 19.3 Å². The molecule has 0 radical (unpaired) electrons. The van der Waals surface area contributed by atoms with Crippen molar-refractivity contribution in [2.45, 2.75) is 46.7 Å². The molecule has 1 rings (SSSR count). The van der Waals surface area contributed by atoms with Crippen LogP contribution >= 0.6 is 0 Å². The molecular formula is C13H22N2O3. The lowest BCUT2D eigenvalue weighted by Crippen LogP contribution is -2.57. The van der Waals surface area contributed by atoms with Crippen LogP contribution in [-0.4, -0.2) is 35.2 Å². The average Bonchev–Trinajstić information content (AvgIpc) is 2.51. The zero-order chi connectivity index (χ0) is 14.1. The van der Waals surface area contributed by atoms with Crippen LogP contribution in [-0.2, 0) is 14.4 Å². The number of carbonyl (C=O) groups is 3. The van der Waals surface area contributed by atoms with Crippen LogP contribution in [0.2, 0.25) is 0 Å². The molecule has 0 aromatic heterocycles. The fourth-order valence-corrected chi connectivity index (χ4v) is 2.27. The van der Waals surface area contributed by atoms with Gasteiger partial charge in [-0.15, -0.1) is 0 Å². The predicted molar refractivity (Wildman–Crippen MR) is 67.6 cm³/mol. The molecule has 1 atom stereocenters. The monoisotopic (exact) mass is 254 g/mol. The molecule has 0 saturated carbocycles. The first kappa shape index (κ1) is 14.8. The lowest BCUT2D eigenvalue weighted by molar-refractivity contribution is -0.148. The van der Waals surface area contributed by atoms with Gasteiger partial charge in [0.2, 0.25) is 11.8 Å². The van der Waals surface area contributed by atoms with Gasteiger partial charge in [0.15, 0.2) is 0 Å². The van der Waals surface area contributed by atoms with E-state index in [9.17, 15) is 14.4 Å². The molecule has 1 aliphatic rings. The van der Waals surface area contributed by atoms with Crippen LogP contribution < -0.4 is 5.32 Å². The molecule has 5 nitrogen and oxygen atoms in total. The number of nitrogens with one attached hydrogen (secondary N) is 1. The fourth-order valence-electron chi connectivity index (χ4n) is 2.27. The van der Waals surface area contributed by atoms with Gasteiger partial charge in [-0.1, -0.05) is 20.8 Å². The molecule has 0 spiro atoms. The zero-order valence-electron chi connectivity index (χ0n) is 11.7. The van der Waals surface area contributed by atoms with Crippen molar-refractivity contribution in [2.24, 2.45) is 11.3 Å². The van der Waals surface area contributed by atoms with E-state index in [0.29, 0.717) is 6.29 Å². The number of aldehydes is 1. The van der Waals surface area contributed by atoms with E-state index in [1.165, 1.54) is 4.90 Å². The van der Waals surface area contributed by atoms with Gasteiger partial charge in [0.25, 0.3) is 0 Å². The van der Waals surface area contributed by atoms with Crippen molar-refractivity contribution in [3.05, 3.63) is 0 Å². The van der Waals surface area contributed by atoms with E-state index in [2.05, 4.69) is 5.32 Å². The number of amides is 2. The van der Waals surface area contributed by atoms with E-state index < -0.39 is 5.66 Å². The van der Waals surface area contributed by atoms with E-state index >= 15 is 0 Å². The Balaban J connectivity index is 2.94. The third-order valence-electron chi connectivity index (χ3n) is 3.37. The molecule has 102 valence electrons. The fraction of sp³-hybridized carbons (Fsp3) is 0.769. The van der Waals surface area contributed by atoms with E-state index in [1.807, 2.05) is 20.8 Å². The molecule has 1 aliphatic heterocycles. The topological polar surface area (TPSA) is 66.5 Å². The lowest BCUT2D eigenvalue weighted by Gasteiger charge is -2.35. The molecule has 18 heavy (non-hydrogen) atoms. The van der Waals surface area contributed by atoms with Crippen molar-refractivity contribution < 1.29 is 14.4 Å². The number of rotatable bonds is 4. The summed E-state index contributed by atoms with van der Waals surface area (Å²) in [7, 11) is 0. The van der Waals surface area contributed by atoms with Crippen LogP contribution in [0.5, 0.6) is 0 Å². The highest BCUT2D eigenvalue weighted by Gasteiger charge is 2.49. The van der Waals surface area contributed by atoms with Gasteiger partial charge in [-0.2, -0.15) is 0 Å². The number of nitrogens with zero attached hydrogens (tertiary/aromatic N) is 1. The highest BCUT2D eigenvalue weighted by molar-refractivity contribution is 6.04. The summed E-state index contributed by atoms with van der Waals surface area (Å²) in [6.07, 6.45) is 0.961. The zero-order valence-corrected chi connectivity index (χ0v) is 11.7. The minimum Gasteiger partial charge on any atom is -0.302 e. The Morgan fingerprint density at radius 1 is 1.28 bits per heavy atom. The summed E-state index contributed by atoms with van der Waals surface area (Å²) in [5.41, 5.74) is -1.06. The molecule has 0 aliphatic carbocycles. The maximum atomic E-state index is 12.3. The average molecular weight is 254 g/mol. The molecule has 5 heteroatoms. The summed E-state index contributed by atoms with van der Waals surface area (Å²) in [5.74, 6) is -0.624. The second-order valence-electron chi connectivity index (χ2n) is 6.30. The second-order valence-corrected chi connectivity index (χ2v) is 6.30. The smallest absolute Gasteiger partial charge is 0.234 e. The van der Waals surface area contributed by atoms with E-state index in [-0.39, 0.29) is 36.1 Å². The van der Waals surface area contributed by atoms with Crippen molar-refractivity contribution >= 4 is 18.1 Å². The van der Waals surface area contributed by atoms with Crippen LogP contribution in [0, 0.1) is 11.3 Å². The Labute approximate surface area is 108 Å². The van der Waals surface area contributed by atoms with Gasteiger partial charge in [0, 0.05) is 6.42 Å². The van der Waals surface area contributed by atoms with Gasteiger partial charge in [-0.25, -0.2) is 0 Å². The number of hydrogen-bond donors (Lipinski definition) is 1. The van der Waals surface area contributed by atoms with Crippen molar-refractivity contribution in [1.82, 2.24) is 10.2 Å². The molecule has 2 amide bonds. The highest BCUT2D eigenvalue weighted by Crippen LogP contribution is 2.37. The maximum absolute atomic E-state index is 12.3. The summed E-state index contributed by atoms with van der Waals surface area (Å²) in [6.45, 7) is 9.45. The molecular weight excluding hydrogens is 232 g/mol.